The van der Waals surface area contributed by atoms with Gasteiger partial charge in [0.2, 0.25) is 0 Å². The highest BCUT2D eigenvalue weighted by Gasteiger charge is 2.40. The third kappa shape index (κ3) is 3.23. The molecule has 1 N–H and O–H groups in total. The molecule has 33 heavy (non-hydrogen) atoms. The summed E-state index contributed by atoms with van der Waals surface area (Å²) >= 11 is 0. The van der Waals surface area contributed by atoms with Crippen molar-refractivity contribution in [3.05, 3.63) is 59.1 Å². The van der Waals surface area contributed by atoms with Crippen molar-refractivity contribution < 1.29 is 23.1 Å². The number of ether oxygens (including phenoxy) is 1. The van der Waals surface area contributed by atoms with Crippen LogP contribution in [-0.2, 0) is 0 Å². The van der Waals surface area contributed by atoms with Crippen LogP contribution in [0, 0.1) is 13.8 Å². The van der Waals surface area contributed by atoms with Gasteiger partial charge in [0.05, 0.1) is 29.9 Å². The Kier molecular flexibility index (Phi) is 4.84. The Morgan fingerprint density at radius 3 is 2.76 bits per heavy atom. The molecule has 1 saturated heterocycles. The van der Waals surface area contributed by atoms with Crippen LogP contribution in [0.3, 0.4) is 0 Å². The summed E-state index contributed by atoms with van der Waals surface area (Å²) in [6.45, 7) is 5.36. The molecule has 2 amide bonds. The first-order valence-corrected chi connectivity index (χ1v) is 10.6. The van der Waals surface area contributed by atoms with E-state index < -0.39 is 12.2 Å². The lowest BCUT2D eigenvalue weighted by Gasteiger charge is -2.41. The number of furan rings is 1. The van der Waals surface area contributed by atoms with Gasteiger partial charge < -0.3 is 19.4 Å². The Hall–Kier alpha value is -3.88. The third-order valence-corrected chi connectivity index (χ3v) is 6.29. The lowest BCUT2D eigenvalue weighted by molar-refractivity contribution is 0.00637. The van der Waals surface area contributed by atoms with E-state index in [2.05, 4.69) is 10.4 Å². The highest BCUT2D eigenvalue weighted by molar-refractivity contribution is 6.07. The van der Waals surface area contributed by atoms with Crippen molar-refractivity contribution >= 4 is 28.3 Å². The van der Waals surface area contributed by atoms with Gasteiger partial charge >= 0.3 is 0 Å². The Bertz CT molecular complexity index is 1420. The summed E-state index contributed by atoms with van der Waals surface area (Å²) < 4.78 is 27.1. The summed E-state index contributed by atoms with van der Waals surface area (Å²) in [7, 11) is 1.57. The van der Waals surface area contributed by atoms with E-state index in [0.717, 1.165) is 0 Å². The zero-order valence-electron chi connectivity index (χ0n) is 18.7. The number of fused-ring (bicyclic) bond motifs is 2. The topological polar surface area (TPSA) is 89.1 Å². The highest BCUT2D eigenvalue weighted by Crippen LogP contribution is 2.35. The number of alkyl halides is 1. The number of hydrogen-bond acceptors (Lipinski definition) is 5. The lowest BCUT2D eigenvalue weighted by Crippen LogP contribution is -2.58. The van der Waals surface area contributed by atoms with Gasteiger partial charge in [0.15, 0.2) is 5.75 Å². The van der Waals surface area contributed by atoms with Crippen molar-refractivity contribution in [3.63, 3.8) is 0 Å². The van der Waals surface area contributed by atoms with E-state index in [9.17, 15) is 14.0 Å². The number of carbonyl (C=O) groups excluding carboxylic acids is 2. The Balaban J connectivity index is 1.51. The van der Waals surface area contributed by atoms with Gasteiger partial charge in [-0.3, -0.25) is 9.59 Å². The number of hydrogen-bond donors (Lipinski definition) is 1. The van der Waals surface area contributed by atoms with Crippen LogP contribution in [0.1, 0.15) is 39.0 Å². The molecule has 0 saturated carbocycles. The fourth-order valence-electron chi connectivity index (χ4n) is 4.31. The van der Waals surface area contributed by atoms with Crippen LogP contribution >= 0.6 is 0 Å². The SMILES string of the molecule is CNC(=O)c1c(C)oc2cc(Oc3ccnn4cc(C(=O)N5C[C@@H](F)[C@@H]5C)c(C)c34)ccc12. The first-order valence-electron chi connectivity index (χ1n) is 10.6. The van der Waals surface area contributed by atoms with E-state index in [-0.39, 0.29) is 18.4 Å². The lowest BCUT2D eigenvalue weighted by atomic mass is 10.0. The minimum absolute atomic E-state index is 0.100. The van der Waals surface area contributed by atoms with Crippen molar-refractivity contribution in [3.8, 4) is 11.5 Å². The van der Waals surface area contributed by atoms with Gasteiger partial charge in [-0.25, -0.2) is 8.91 Å². The van der Waals surface area contributed by atoms with E-state index in [1.54, 1.807) is 62.1 Å². The van der Waals surface area contributed by atoms with Gasteiger partial charge in [0.25, 0.3) is 11.8 Å². The van der Waals surface area contributed by atoms with Gasteiger partial charge in [-0.2, -0.15) is 5.10 Å². The van der Waals surface area contributed by atoms with Gasteiger partial charge in [0.1, 0.15) is 28.8 Å². The second kappa shape index (κ2) is 7.61. The highest BCUT2D eigenvalue weighted by atomic mass is 19.1. The molecule has 2 atom stereocenters. The van der Waals surface area contributed by atoms with E-state index in [1.807, 2.05) is 6.92 Å². The number of carbonyl (C=O) groups is 2. The van der Waals surface area contributed by atoms with Crippen molar-refractivity contribution in [2.45, 2.75) is 33.0 Å². The van der Waals surface area contributed by atoms with Crippen LogP contribution in [-0.4, -0.2) is 52.1 Å². The first-order chi connectivity index (χ1) is 15.8. The Morgan fingerprint density at radius 1 is 1.27 bits per heavy atom. The quantitative estimate of drug-likeness (QED) is 0.507. The van der Waals surface area contributed by atoms with E-state index >= 15 is 0 Å². The molecule has 0 unspecified atom stereocenters. The first kappa shape index (κ1) is 21.0. The van der Waals surface area contributed by atoms with Crippen LogP contribution in [0.2, 0.25) is 0 Å². The molecule has 0 bridgehead atoms. The van der Waals surface area contributed by atoms with Crippen LogP contribution < -0.4 is 10.1 Å². The second-order valence-electron chi connectivity index (χ2n) is 8.24. The average Bonchev–Trinajstić information content (AvgIpc) is 3.32. The van der Waals surface area contributed by atoms with Crippen LogP contribution in [0.5, 0.6) is 11.5 Å². The zero-order chi connectivity index (χ0) is 23.4. The number of nitrogens with one attached hydrogen (secondary N) is 1. The second-order valence-corrected chi connectivity index (χ2v) is 8.24. The molecular formula is C24H23FN4O4. The number of rotatable bonds is 4. The summed E-state index contributed by atoms with van der Waals surface area (Å²) in [5.74, 6) is 1.11. The smallest absolute Gasteiger partial charge is 0.256 e. The Labute approximate surface area is 188 Å². The monoisotopic (exact) mass is 450 g/mol. The maximum absolute atomic E-state index is 13.6. The predicted molar refractivity (Wildman–Crippen MR) is 120 cm³/mol. The number of benzene rings is 1. The molecule has 1 fully saturated rings. The van der Waals surface area contributed by atoms with Crippen molar-refractivity contribution in [2.75, 3.05) is 13.6 Å². The van der Waals surface area contributed by atoms with Gasteiger partial charge in [-0.15, -0.1) is 0 Å². The van der Waals surface area contributed by atoms with Crippen LogP contribution in [0.4, 0.5) is 4.39 Å². The molecule has 1 aromatic carbocycles. The fourth-order valence-corrected chi connectivity index (χ4v) is 4.31. The number of nitrogens with zero attached hydrogens (tertiary/aromatic N) is 3. The van der Waals surface area contributed by atoms with Crippen LogP contribution in [0.25, 0.3) is 16.5 Å². The Morgan fingerprint density at radius 2 is 2.06 bits per heavy atom. The summed E-state index contributed by atoms with van der Waals surface area (Å²) in [6.07, 6.45) is 2.24. The summed E-state index contributed by atoms with van der Waals surface area (Å²) in [6, 6.07) is 6.54. The molecule has 4 aromatic rings. The summed E-state index contributed by atoms with van der Waals surface area (Å²) in [5, 5.41) is 7.62. The molecule has 8 nitrogen and oxygen atoms in total. The minimum Gasteiger partial charge on any atom is -0.460 e. The van der Waals surface area contributed by atoms with Gasteiger partial charge in [-0.1, -0.05) is 0 Å². The largest absolute Gasteiger partial charge is 0.460 e. The predicted octanol–water partition coefficient (Wildman–Crippen LogP) is 4.03. The fraction of sp³-hybridized carbons (Fsp3) is 0.292. The van der Waals surface area contributed by atoms with Crippen molar-refractivity contribution in [2.24, 2.45) is 0 Å². The number of likely N-dealkylation sites (tertiary alicyclic amines) is 1. The van der Waals surface area contributed by atoms with E-state index in [1.165, 1.54) is 4.90 Å². The zero-order valence-corrected chi connectivity index (χ0v) is 18.7. The molecule has 3 aromatic heterocycles. The molecule has 9 heteroatoms. The summed E-state index contributed by atoms with van der Waals surface area (Å²) in [4.78, 5) is 26.6. The normalized spacial score (nSPS) is 17.9. The van der Waals surface area contributed by atoms with Crippen molar-refractivity contribution in [1.82, 2.24) is 19.8 Å². The standard InChI is InChI=1S/C24H23FN4O4/c1-12-17(24(31)28-11-18(25)13(28)2)10-29-22(12)19(7-8-27-29)33-15-5-6-16-20(9-15)32-14(3)21(16)23(30)26-4/h5-10,13,18H,11H2,1-4H3,(H,26,30)/t13-,18+/m0/s1. The molecule has 1 aliphatic heterocycles. The molecule has 5 rings (SSSR count). The molecule has 0 radical (unpaired) electrons. The molecule has 0 aliphatic carbocycles. The number of halogens is 1. The molecule has 170 valence electrons. The molecule has 0 spiro atoms. The van der Waals surface area contributed by atoms with E-state index in [0.29, 0.717) is 50.4 Å². The maximum Gasteiger partial charge on any atom is 0.256 e. The van der Waals surface area contributed by atoms with E-state index in [4.69, 9.17) is 9.15 Å². The minimum atomic E-state index is -0.993. The van der Waals surface area contributed by atoms with Crippen LogP contribution in [0.15, 0.2) is 41.1 Å². The molecular weight excluding hydrogens is 427 g/mol. The number of amides is 2. The van der Waals surface area contributed by atoms with Gasteiger partial charge in [-0.05, 0) is 38.5 Å². The third-order valence-electron chi connectivity index (χ3n) is 6.29. The maximum atomic E-state index is 13.6. The number of aromatic nitrogens is 2. The summed E-state index contributed by atoms with van der Waals surface area (Å²) in [5.41, 5.74) is 2.84. The van der Waals surface area contributed by atoms with Gasteiger partial charge in [0, 0.05) is 30.8 Å². The molecule has 4 heterocycles. The molecule has 1 aliphatic rings. The van der Waals surface area contributed by atoms with Crippen molar-refractivity contribution in [1.29, 1.82) is 0 Å². The average molecular weight is 450 g/mol. The number of aryl methyl sites for hydroxylation is 2.